The number of carbonyl (C=O) groups excluding carboxylic acids is 1. The van der Waals surface area contributed by atoms with Gasteiger partial charge in [-0.15, -0.1) is 0 Å². The fraction of sp³-hybridized carbons (Fsp3) is 0.417. The maximum atomic E-state index is 12.3. The third-order valence-corrected chi connectivity index (χ3v) is 5.69. The van der Waals surface area contributed by atoms with E-state index in [4.69, 9.17) is 9.40 Å². The van der Waals surface area contributed by atoms with Gasteiger partial charge in [-0.1, -0.05) is 56.0 Å². The minimum absolute atomic E-state index is 0.168. The number of nitrogens with one attached hydrogen (secondary N) is 1. The third-order valence-electron chi connectivity index (χ3n) is 5.69. The van der Waals surface area contributed by atoms with E-state index in [0.29, 0.717) is 24.1 Å². The van der Waals surface area contributed by atoms with Gasteiger partial charge >= 0.3 is 0 Å². The molecule has 0 unspecified atom stereocenters. The van der Waals surface area contributed by atoms with Crippen LogP contribution >= 0.6 is 0 Å². The molecule has 1 N–H and O–H groups in total. The van der Waals surface area contributed by atoms with Gasteiger partial charge in [0.15, 0.2) is 11.5 Å². The number of aryl methyl sites for hydroxylation is 1. The molecule has 0 atom stereocenters. The van der Waals surface area contributed by atoms with Crippen LogP contribution in [0.5, 0.6) is 0 Å². The van der Waals surface area contributed by atoms with Crippen LogP contribution in [0.4, 0.5) is 0 Å². The minimum atomic E-state index is -0.168. The quantitative estimate of drug-likeness (QED) is 0.581. The molecule has 5 nitrogen and oxygen atoms in total. The van der Waals surface area contributed by atoms with Crippen molar-refractivity contribution in [2.24, 2.45) is 0 Å². The molecule has 0 aliphatic heterocycles. The summed E-state index contributed by atoms with van der Waals surface area (Å²) in [6, 6.07) is 12.5. The molecule has 1 aromatic carbocycles. The van der Waals surface area contributed by atoms with E-state index in [2.05, 4.69) is 41.1 Å². The number of benzene rings is 1. The highest BCUT2D eigenvalue weighted by atomic mass is 16.4. The molecule has 0 radical (unpaired) electrons. The van der Waals surface area contributed by atoms with Gasteiger partial charge in [0.2, 0.25) is 0 Å². The van der Waals surface area contributed by atoms with Gasteiger partial charge in [0.1, 0.15) is 5.69 Å². The maximum Gasteiger partial charge on any atom is 0.287 e. The molecule has 3 aromatic rings. The highest BCUT2D eigenvalue weighted by Crippen LogP contribution is 2.38. The van der Waals surface area contributed by atoms with Gasteiger partial charge in [0.25, 0.3) is 5.91 Å². The second kappa shape index (κ2) is 8.68. The number of furan rings is 1. The SMILES string of the molecule is CCCNC(=O)c1ccc(-c2c(-c3ccc(C)cc3)ncn2C2CCCCC2)o1. The summed E-state index contributed by atoms with van der Waals surface area (Å²) in [5.74, 6) is 0.878. The molecule has 4 rings (SSSR count). The van der Waals surface area contributed by atoms with E-state index in [1.807, 2.05) is 19.3 Å². The molecule has 2 aromatic heterocycles. The molecule has 5 heteroatoms. The lowest BCUT2D eigenvalue weighted by atomic mass is 9.95. The van der Waals surface area contributed by atoms with Gasteiger partial charge in [-0.3, -0.25) is 4.79 Å². The van der Waals surface area contributed by atoms with E-state index in [1.165, 1.54) is 24.8 Å². The van der Waals surface area contributed by atoms with E-state index in [9.17, 15) is 4.79 Å². The lowest BCUT2D eigenvalue weighted by molar-refractivity contribution is 0.0926. The molecule has 29 heavy (non-hydrogen) atoms. The fourth-order valence-electron chi connectivity index (χ4n) is 4.08. The average molecular weight is 392 g/mol. The number of aromatic nitrogens is 2. The lowest BCUT2D eigenvalue weighted by Gasteiger charge is -2.24. The molecule has 1 amide bonds. The van der Waals surface area contributed by atoms with Crippen LogP contribution in [0, 0.1) is 6.92 Å². The van der Waals surface area contributed by atoms with E-state index in [1.54, 1.807) is 6.07 Å². The standard InChI is InChI=1S/C24H29N3O2/c1-3-15-25-24(28)21-14-13-20(29-21)23-22(18-11-9-17(2)10-12-18)26-16-27(23)19-7-5-4-6-8-19/h9-14,16,19H,3-8,15H2,1-2H3,(H,25,28). The van der Waals surface area contributed by atoms with Crippen molar-refractivity contribution in [1.82, 2.24) is 14.9 Å². The first-order chi connectivity index (χ1) is 14.2. The largest absolute Gasteiger partial charge is 0.449 e. The summed E-state index contributed by atoms with van der Waals surface area (Å²) in [4.78, 5) is 17.1. The molecule has 0 spiro atoms. The van der Waals surface area contributed by atoms with E-state index in [-0.39, 0.29) is 5.91 Å². The zero-order valence-electron chi connectivity index (χ0n) is 17.3. The van der Waals surface area contributed by atoms with Crippen molar-refractivity contribution in [3.63, 3.8) is 0 Å². The second-order valence-corrected chi connectivity index (χ2v) is 7.93. The van der Waals surface area contributed by atoms with Crippen molar-refractivity contribution in [3.05, 3.63) is 54.0 Å². The molecular formula is C24H29N3O2. The summed E-state index contributed by atoms with van der Waals surface area (Å²) in [6.07, 6.45) is 8.93. The Morgan fingerprint density at radius 1 is 1.14 bits per heavy atom. The highest BCUT2D eigenvalue weighted by Gasteiger charge is 2.25. The van der Waals surface area contributed by atoms with Gasteiger partial charge in [0, 0.05) is 18.2 Å². The van der Waals surface area contributed by atoms with Crippen molar-refractivity contribution >= 4 is 5.91 Å². The number of nitrogens with zero attached hydrogens (tertiary/aromatic N) is 2. The van der Waals surface area contributed by atoms with Crippen LogP contribution in [0.2, 0.25) is 0 Å². The monoisotopic (exact) mass is 391 g/mol. The van der Waals surface area contributed by atoms with Gasteiger partial charge in [-0.2, -0.15) is 0 Å². The summed E-state index contributed by atoms with van der Waals surface area (Å²) in [5.41, 5.74) is 4.16. The summed E-state index contributed by atoms with van der Waals surface area (Å²) < 4.78 is 8.30. The van der Waals surface area contributed by atoms with Gasteiger partial charge < -0.3 is 14.3 Å². The number of imidazole rings is 1. The Hall–Kier alpha value is -2.82. The summed E-state index contributed by atoms with van der Waals surface area (Å²) in [6.45, 7) is 4.76. The Morgan fingerprint density at radius 2 is 1.90 bits per heavy atom. The summed E-state index contributed by atoms with van der Waals surface area (Å²) >= 11 is 0. The van der Waals surface area contributed by atoms with Crippen LogP contribution in [-0.2, 0) is 0 Å². The molecule has 0 bridgehead atoms. The number of hydrogen-bond acceptors (Lipinski definition) is 3. The Balaban J connectivity index is 1.75. The third kappa shape index (κ3) is 4.14. The van der Waals surface area contributed by atoms with Crippen molar-refractivity contribution in [2.45, 2.75) is 58.4 Å². The van der Waals surface area contributed by atoms with Crippen LogP contribution in [0.25, 0.3) is 22.7 Å². The second-order valence-electron chi connectivity index (χ2n) is 7.93. The minimum Gasteiger partial charge on any atom is -0.449 e. The first kappa shape index (κ1) is 19.5. The van der Waals surface area contributed by atoms with Gasteiger partial charge in [0.05, 0.1) is 12.0 Å². The Labute approximate surface area is 172 Å². The van der Waals surface area contributed by atoms with Crippen molar-refractivity contribution in [3.8, 4) is 22.7 Å². The predicted molar refractivity (Wildman–Crippen MR) is 115 cm³/mol. The molecule has 1 saturated carbocycles. The fourth-order valence-corrected chi connectivity index (χ4v) is 4.08. The smallest absolute Gasteiger partial charge is 0.287 e. The molecule has 1 fully saturated rings. The zero-order chi connectivity index (χ0) is 20.2. The van der Waals surface area contributed by atoms with Crippen LogP contribution in [0.1, 0.15) is 67.6 Å². The number of carbonyl (C=O) groups is 1. The number of hydrogen-bond donors (Lipinski definition) is 1. The Morgan fingerprint density at radius 3 is 2.62 bits per heavy atom. The topological polar surface area (TPSA) is 60.1 Å². The Bertz CT molecular complexity index is 962. The maximum absolute atomic E-state index is 12.3. The molecule has 1 aliphatic rings. The summed E-state index contributed by atoms with van der Waals surface area (Å²) in [5, 5.41) is 2.88. The van der Waals surface area contributed by atoms with Crippen LogP contribution in [-0.4, -0.2) is 22.0 Å². The molecule has 2 heterocycles. The Kier molecular flexibility index (Phi) is 5.84. The first-order valence-electron chi connectivity index (χ1n) is 10.7. The van der Waals surface area contributed by atoms with Crippen molar-refractivity contribution < 1.29 is 9.21 Å². The molecule has 1 aliphatic carbocycles. The van der Waals surface area contributed by atoms with Crippen molar-refractivity contribution in [2.75, 3.05) is 6.54 Å². The van der Waals surface area contributed by atoms with Crippen molar-refractivity contribution in [1.29, 1.82) is 0 Å². The zero-order valence-corrected chi connectivity index (χ0v) is 17.3. The lowest BCUT2D eigenvalue weighted by Crippen LogP contribution is -2.23. The van der Waals surface area contributed by atoms with Crippen LogP contribution in [0.3, 0.4) is 0 Å². The van der Waals surface area contributed by atoms with E-state index in [0.717, 1.165) is 36.2 Å². The van der Waals surface area contributed by atoms with E-state index >= 15 is 0 Å². The molecule has 152 valence electrons. The molecular weight excluding hydrogens is 362 g/mol. The van der Waals surface area contributed by atoms with Crippen LogP contribution in [0.15, 0.2) is 47.1 Å². The number of rotatable bonds is 6. The highest BCUT2D eigenvalue weighted by molar-refractivity contribution is 5.92. The predicted octanol–water partition coefficient (Wildman–Crippen LogP) is 5.76. The number of amides is 1. The van der Waals surface area contributed by atoms with E-state index < -0.39 is 0 Å². The van der Waals surface area contributed by atoms with Gasteiger partial charge in [-0.25, -0.2) is 4.98 Å². The normalized spacial score (nSPS) is 14.8. The summed E-state index contributed by atoms with van der Waals surface area (Å²) in [7, 11) is 0. The van der Waals surface area contributed by atoms with Gasteiger partial charge in [-0.05, 0) is 38.3 Å². The average Bonchev–Trinajstić information content (AvgIpc) is 3.40. The first-order valence-corrected chi connectivity index (χ1v) is 10.7. The molecule has 0 saturated heterocycles. The van der Waals surface area contributed by atoms with Crippen LogP contribution < -0.4 is 5.32 Å².